The summed E-state index contributed by atoms with van der Waals surface area (Å²) in [7, 11) is 0.808. The summed E-state index contributed by atoms with van der Waals surface area (Å²) in [5, 5.41) is -1.64. The molecule has 0 bridgehead atoms. The average molecular weight is 376 g/mol. The molecular weight excluding hydrogens is 358 g/mol. The summed E-state index contributed by atoms with van der Waals surface area (Å²) in [5.74, 6) is -8.99. The number of ether oxygens (including phenoxy) is 1. The van der Waals surface area contributed by atoms with Gasteiger partial charge in [-0.2, -0.15) is 0 Å². The molecule has 0 aromatic heterocycles. The maximum absolute atomic E-state index is 14.1. The van der Waals surface area contributed by atoms with Crippen LogP contribution in [0.15, 0.2) is 18.2 Å². The van der Waals surface area contributed by atoms with Gasteiger partial charge in [-0.05, 0) is 18.9 Å². The van der Waals surface area contributed by atoms with Crippen molar-refractivity contribution in [1.82, 2.24) is 0 Å². The van der Waals surface area contributed by atoms with Gasteiger partial charge in [-0.3, -0.25) is 0 Å². The Morgan fingerprint density at radius 1 is 0.960 bits per heavy atom. The van der Waals surface area contributed by atoms with Crippen molar-refractivity contribution in [3.8, 4) is 5.75 Å². The van der Waals surface area contributed by atoms with Crippen molar-refractivity contribution in [3.63, 3.8) is 0 Å². The van der Waals surface area contributed by atoms with Gasteiger partial charge in [0.15, 0.2) is 23.3 Å². The summed E-state index contributed by atoms with van der Waals surface area (Å²) < 4.78 is 73.9. The van der Waals surface area contributed by atoms with Crippen molar-refractivity contribution in [3.05, 3.63) is 58.4 Å². The Balaban J connectivity index is 2.64. The summed E-state index contributed by atoms with van der Waals surface area (Å²) in [4.78, 5) is 0. The van der Waals surface area contributed by atoms with E-state index >= 15 is 0 Å². The second-order valence-corrected chi connectivity index (χ2v) is 7.76. The molecule has 0 radical (unpaired) electrons. The first-order valence-corrected chi connectivity index (χ1v) is 8.61. The molecule has 2 rings (SSSR count). The Hall–Kier alpha value is -1.68. The van der Waals surface area contributed by atoms with Gasteiger partial charge in [0.25, 0.3) is 0 Å². The van der Waals surface area contributed by atoms with E-state index in [1.807, 2.05) is 13.0 Å². The van der Waals surface area contributed by atoms with Crippen LogP contribution in [-0.2, 0) is 5.16 Å². The maximum atomic E-state index is 14.1. The highest BCUT2D eigenvalue weighted by atomic mass is 31.1. The fourth-order valence-electron chi connectivity index (χ4n) is 2.69. The van der Waals surface area contributed by atoms with Gasteiger partial charge in [-0.15, -0.1) is 0 Å². The largest absolute Gasteiger partial charge is 0.496 e. The van der Waals surface area contributed by atoms with Gasteiger partial charge in [-0.1, -0.05) is 40.6 Å². The van der Waals surface area contributed by atoms with E-state index in [-0.39, 0.29) is 0 Å². The molecule has 0 aliphatic heterocycles. The van der Waals surface area contributed by atoms with Crippen LogP contribution in [0.4, 0.5) is 22.0 Å². The van der Waals surface area contributed by atoms with Gasteiger partial charge >= 0.3 is 0 Å². The summed E-state index contributed by atoms with van der Waals surface area (Å²) >= 11 is 0. The van der Waals surface area contributed by atoms with Crippen LogP contribution in [0.3, 0.4) is 0 Å². The van der Waals surface area contributed by atoms with Gasteiger partial charge in [0, 0.05) is 10.7 Å². The molecular formula is C18H18F5OP. The molecule has 2 aromatic carbocycles. The topological polar surface area (TPSA) is 9.23 Å². The minimum absolute atomic E-state index is 0.421. The van der Waals surface area contributed by atoms with Gasteiger partial charge < -0.3 is 4.74 Å². The Bertz CT molecular complexity index is 780. The van der Waals surface area contributed by atoms with E-state index in [9.17, 15) is 22.0 Å². The minimum atomic E-state index is -2.14. The minimum Gasteiger partial charge on any atom is -0.496 e. The molecule has 0 aliphatic carbocycles. The zero-order valence-corrected chi connectivity index (χ0v) is 15.2. The van der Waals surface area contributed by atoms with Crippen molar-refractivity contribution < 1.29 is 26.7 Å². The summed E-state index contributed by atoms with van der Waals surface area (Å²) in [6, 6.07) is 5.33. The van der Waals surface area contributed by atoms with Gasteiger partial charge in [-0.25, -0.2) is 22.0 Å². The number of aryl methyl sites for hydroxylation is 1. The predicted molar refractivity (Wildman–Crippen MR) is 89.6 cm³/mol. The highest BCUT2D eigenvalue weighted by Gasteiger charge is 2.34. The average Bonchev–Trinajstić information content (AvgIpc) is 2.61. The highest BCUT2D eigenvalue weighted by molar-refractivity contribution is 7.48. The quantitative estimate of drug-likeness (QED) is 0.297. The van der Waals surface area contributed by atoms with Crippen LogP contribution in [0.25, 0.3) is 0 Å². The molecule has 7 heteroatoms. The molecule has 0 aliphatic rings. The fraction of sp³-hybridized carbons (Fsp3) is 0.333. The zero-order chi connectivity index (χ0) is 18.9. The van der Waals surface area contributed by atoms with E-state index < -0.39 is 48.1 Å². The molecule has 0 N–H and O–H groups in total. The van der Waals surface area contributed by atoms with Crippen molar-refractivity contribution >= 4 is 13.9 Å². The lowest BCUT2D eigenvalue weighted by Gasteiger charge is -2.31. The number of methoxy groups -OCH3 is 1. The molecule has 0 saturated heterocycles. The number of hydrogen-bond acceptors (Lipinski definition) is 1. The lowest BCUT2D eigenvalue weighted by Crippen LogP contribution is -2.25. The lowest BCUT2D eigenvalue weighted by molar-refractivity contribution is 0.384. The lowest BCUT2D eigenvalue weighted by atomic mass is 9.94. The van der Waals surface area contributed by atoms with Gasteiger partial charge in [0.2, 0.25) is 5.82 Å². The Morgan fingerprint density at radius 3 is 1.96 bits per heavy atom. The molecule has 0 saturated carbocycles. The molecule has 0 fully saturated rings. The van der Waals surface area contributed by atoms with Crippen LogP contribution in [0.5, 0.6) is 5.75 Å². The Morgan fingerprint density at radius 2 is 1.48 bits per heavy atom. The molecule has 0 amide bonds. The second kappa shape index (κ2) is 7.28. The molecule has 2 aromatic rings. The third-order valence-electron chi connectivity index (χ3n) is 4.33. The number of benzene rings is 2. The summed E-state index contributed by atoms with van der Waals surface area (Å²) in [6.07, 6.45) is 0.421. The van der Waals surface area contributed by atoms with Crippen LogP contribution < -0.4 is 10.0 Å². The number of halogens is 5. The van der Waals surface area contributed by atoms with E-state index in [0.29, 0.717) is 17.7 Å². The van der Waals surface area contributed by atoms with Gasteiger partial charge in [0.1, 0.15) is 5.75 Å². The van der Waals surface area contributed by atoms with E-state index in [1.165, 1.54) is 7.11 Å². The zero-order valence-electron chi connectivity index (χ0n) is 14.2. The number of hydrogen-bond donors (Lipinski definition) is 0. The second-order valence-electron chi connectivity index (χ2n) is 5.91. The number of para-hydroxylation sites is 1. The van der Waals surface area contributed by atoms with Gasteiger partial charge in [0.05, 0.1) is 12.4 Å². The first-order valence-electron chi connectivity index (χ1n) is 7.61. The Labute approximate surface area is 145 Å². The molecule has 1 nitrogen and oxygen atoms in total. The molecule has 0 heterocycles. The van der Waals surface area contributed by atoms with Crippen molar-refractivity contribution in [1.29, 1.82) is 0 Å². The maximum Gasteiger partial charge on any atom is 0.200 e. The van der Waals surface area contributed by atoms with Crippen LogP contribution in [0, 0.1) is 36.0 Å². The molecule has 25 heavy (non-hydrogen) atoms. The number of rotatable bonds is 5. The monoisotopic (exact) mass is 376 g/mol. The van der Waals surface area contributed by atoms with Crippen LogP contribution in [0.2, 0.25) is 0 Å². The molecule has 136 valence electrons. The third kappa shape index (κ3) is 3.37. The van der Waals surface area contributed by atoms with Crippen molar-refractivity contribution in [2.45, 2.75) is 32.3 Å². The first kappa shape index (κ1) is 19.6. The summed E-state index contributed by atoms with van der Waals surface area (Å²) in [6.45, 7) is 5.33. The first-order chi connectivity index (χ1) is 11.7. The summed E-state index contributed by atoms with van der Waals surface area (Å²) in [5.41, 5.74) is 1.49. The van der Waals surface area contributed by atoms with E-state index in [4.69, 9.17) is 4.74 Å². The standard InChI is InChI=1S/C18H18F5OP/c1-5-18(3,10-8-6-7-9(2)16(10)24-4)25-17-14(22)12(20)11(19)13(21)15(17)23/h6-8,25H,5H2,1-4H3. The predicted octanol–water partition coefficient (Wildman–Crippen LogP) is 5.33. The van der Waals surface area contributed by atoms with Crippen molar-refractivity contribution in [2.24, 2.45) is 0 Å². The van der Waals surface area contributed by atoms with E-state index in [2.05, 4.69) is 0 Å². The third-order valence-corrected chi connectivity index (χ3v) is 6.19. The highest BCUT2D eigenvalue weighted by Crippen LogP contribution is 2.48. The Kier molecular flexibility index (Phi) is 5.72. The normalized spacial score (nSPS) is 14.1. The van der Waals surface area contributed by atoms with Crippen LogP contribution >= 0.6 is 8.58 Å². The molecule has 2 unspecified atom stereocenters. The molecule has 2 atom stereocenters. The molecule has 0 spiro atoms. The van der Waals surface area contributed by atoms with Crippen LogP contribution in [-0.4, -0.2) is 7.11 Å². The van der Waals surface area contributed by atoms with Crippen molar-refractivity contribution in [2.75, 3.05) is 7.11 Å². The SMILES string of the molecule is CCC(C)(Pc1c(F)c(F)c(F)c(F)c1F)c1cccc(C)c1OC. The van der Waals surface area contributed by atoms with E-state index in [1.54, 1.807) is 26.0 Å². The smallest absolute Gasteiger partial charge is 0.200 e. The van der Waals surface area contributed by atoms with Crippen LogP contribution in [0.1, 0.15) is 31.4 Å². The van der Waals surface area contributed by atoms with E-state index in [0.717, 1.165) is 5.56 Å². The fourth-order valence-corrected chi connectivity index (χ4v) is 4.19.